The van der Waals surface area contributed by atoms with Crippen molar-refractivity contribution in [2.45, 2.75) is 64.8 Å². The van der Waals surface area contributed by atoms with Crippen LogP contribution in [-0.2, 0) is 0 Å². The van der Waals surface area contributed by atoms with Gasteiger partial charge in [0.05, 0.1) is 0 Å². The molecule has 0 aromatic heterocycles. The van der Waals surface area contributed by atoms with E-state index in [-0.39, 0.29) is 0 Å². The van der Waals surface area contributed by atoms with Crippen LogP contribution in [0.3, 0.4) is 0 Å². The normalized spacial score (nSPS) is 12.6. The van der Waals surface area contributed by atoms with Crippen LogP contribution in [0.15, 0.2) is 36.9 Å². The molecule has 112 valence electrons. The van der Waals surface area contributed by atoms with Gasteiger partial charge in [0.2, 0.25) is 0 Å². The highest BCUT2D eigenvalue weighted by Gasteiger charge is 2.10. The molecule has 1 unspecified atom stereocenters. The third-order valence-electron chi connectivity index (χ3n) is 3.86. The minimum atomic E-state index is 0.505. The Balaban J connectivity index is 2.53. The summed E-state index contributed by atoms with van der Waals surface area (Å²) in [6, 6.07) is 9.66. The van der Waals surface area contributed by atoms with Crippen molar-refractivity contribution in [1.82, 2.24) is 5.32 Å². The Hall–Kier alpha value is -1.08. The van der Waals surface area contributed by atoms with E-state index in [1.165, 1.54) is 36.8 Å². The minimum absolute atomic E-state index is 0.505. The van der Waals surface area contributed by atoms with Gasteiger partial charge in [-0.25, -0.2) is 0 Å². The van der Waals surface area contributed by atoms with Crippen molar-refractivity contribution in [2.75, 3.05) is 6.54 Å². The summed E-state index contributed by atoms with van der Waals surface area (Å²) in [5.41, 5.74) is 2.86. The zero-order valence-corrected chi connectivity index (χ0v) is 13.5. The molecule has 0 amide bonds. The maximum Gasteiger partial charge on any atom is 0.0320 e. The van der Waals surface area contributed by atoms with Crippen LogP contribution in [0.2, 0.25) is 0 Å². The lowest BCUT2D eigenvalue weighted by Crippen LogP contribution is -2.20. The van der Waals surface area contributed by atoms with Crippen molar-refractivity contribution < 1.29 is 0 Å². The van der Waals surface area contributed by atoms with Gasteiger partial charge in [-0.15, -0.1) is 6.58 Å². The largest absolute Gasteiger partial charge is 0.310 e. The third-order valence-corrected chi connectivity index (χ3v) is 3.86. The van der Waals surface area contributed by atoms with Crippen LogP contribution < -0.4 is 5.32 Å². The highest BCUT2D eigenvalue weighted by molar-refractivity contribution is 5.26. The first-order valence-corrected chi connectivity index (χ1v) is 8.13. The minimum Gasteiger partial charge on any atom is -0.310 e. The highest BCUT2D eigenvalue weighted by Crippen LogP contribution is 2.23. The average molecular weight is 273 g/mol. The van der Waals surface area contributed by atoms with E-state index in [1.807, 2.05) is 6.08 Å². The van der Waals surface area contributed by atoms with Crippen LogP contribution >= 0.6 is 0 Å². The molecule has 1 N–H and O–H groups in total. The molecule has 1 aromatic carbocycles. The maximum atomic E-state index is 3.78. The Bertz CT molecular complexity index is 364. The van der Waals surface area contributed by atoms with Gasteiger partial charge in [-0.05, 0) is 42.9 Å². The first-order valence-electron chi connectivity index (χ1n) is 8.13. The number of hydrogen-bond donors (Lipinski definition) is 1. The molecule has 0 radical (unpaired) electrons. The first kappa shape index (κ1) is 17.0. The second-order valence-corrected chi connectivity index (χ2v) is 5.86. The van der Waals surface area contributed by atoms with E-state index in [1.54, 1.807) is 0 Å². The molecule has 0 bridgehead atoms. The summed E-state index contributed by atoms with van der Waals surface area (Å²) in [4.78, 5) is 0. The molecule has 1 heteroatoms. The Morgan fingerprint density at radius 3 is 2.25 bits per heavy atom. The van der Waals surface area contributed by atoms with Crippen molar-refractivity contribution >= 4 is 0 Å². The summed E-state index contributed by atoms with van der Waals surface area (Å²) in [5, 5.41) is 3.62. The van der Waals surface area contributed by atoms with E-state index >= 15 is 0 Å². The number of benzene rings is 1. The predicted octanol–water partition coefficient (Wildman–Crippen LogP) is 5.60. The molecule has 1 rings (SSSR count). The second kappa shape index (κ2) is 9.77. The van der Waals surface area contributed by atoms with Crippen molar-refractivity contribution in [3.8, 4) is 0 Å². The van der Waals surface area contributed by atoms with E-state index in [0.29, 0.717) is 12.0 Å². The lowest BCUT2D eigenvalue weighted by molar-refractivity contribution is 0.483. The zero-order valence-electron chi connectivity index (χ0n) is 13.5. The zero-order chi connectivity index (χ0) is 14.8. The van der Waals surface area contributed by atoms with Gasteiger partial charge in [0.15, 0.2) is 0 Å². The third kappa shape index (κ3) is 5.92. The van der Waals surface area contributed by atoms with Crippen LogP contribution in [0.5, 0.6) is 0 Å². The summed E-state index contributed by atoms with van der Waals surface area (Å²) in [6.07, 6.45) is 8.26. The molecule has 0 spiro atoms. The van der Waals surface area contributed by atoms with Crippen LogP contribution in [-0.4, -0.2) is 6.54 Å². The molecule has 0 aliphatic carbocycles. The average Bonchev–Trinajstić information content (AvgIpc) is 2.46. The van der Waals surface area contributed by atoms with Gasteiger partial charge in [-0.2, -0.15) is 0 Å². The van der Waals surface area contributed by atoms with Gasteiger partial charge in [0, 0.05) is 6.04 Å². The van der Waals surface area contributed by atoms with Crippen molar-refractivity contribution in [2.24, 2.45) is 0 Å². The van der Waals surface area contributed by atoms with Crippen LogP contribution in [0.25, 0.3) is 0 Å². The number of unbranched alkanes of at least 4 members (excludes halogenated alkanes) is 3. The van der Waals surface area contributed by atoms with Gasteiger partial charge in [-0.1, -0.05) is 64.0 Å². The summed E-state index contributed by atoms with van der Waals surface area (Å²) in [6.45, 7) is 11.5. The van der Waals surface area contributed by atoms with Gasteiger partial charge >= 0.3 is 0 Å². The highest BCUT2D eigenvalue weighted by atomic mass is 14.9. The molecular formula is C19H31N. The number of hydrogen-bond acceptors (Lipinski definition) is 1. The van der Waals surface area contributed by atoms with Crippen LogP contribution in [0.1, 0.15) is 76.0 Å². The van der Waals surface area contributed by atoms with E-state index in [0.717, 1.165) is 13.0 Å². The SMILES string of the molecule is C=CCCCCCC(NCC)c1ccc(C(C)C)cc1. The van der Waals surface area contributed by atoms with Crippen molar-refractivity contribution in [1.29, 1.82) is 0 Å². The number of rotatable bonds is 10. The molecule has 20 heavy (non-hydrogen) atoms. The molecule has 1 nitrogen and oxygen atoms in total. The Morgan fingerprint density at radius 1 is 1.05 bits per heavy atom. The molecule has 0 aliphatic rings. The van der Waals surface area contributed by atoms with Gasteiger partial charge in [0.25, 0.3) is 0 Å². The molecule has 0 saturated heterocycles. The maximum absolute atomic E-state index is 3.78. The smallest absolute Gasteiger partial charge is 0.0320 e. The molecule has 0 aliphatic heterocycles. The quantitative estimate of drug-likeness (QED) is 0.432. The van der Waals surface area contributed by atoms with Gasteiger partial charge < -0.3 is 5.32 Å². The fourth-order valence-electron chi connectivity index (χ4n) is 2.56. The van der Waals surface area contributed by atoms with E-state index in [9.17, 15) is 0 Å². The monoisotopic (exact) mass is 273 g/mol. The lowest BCUT2D eigenvalue weighted by Gasteiger charge is -2.19. The summed E-state index contributed by atoms with van der Waals surface area (Å²) in [7, 11) is 0. The van der Waals surface area contributed by atoms with Gasteiger partial charge in [-0.3, -0.25) is 0 Å². The summed E-state index contributed by atoms with van der Waals surface area (Å²) < 4.78 is 0. The fourth-order valence-corrected chi connectivity index (χ4v) is 2.56. The molecule has 0 saturated carbocycles. The molecule has 0 fully saturated rings. The Labute approximate surface area is 125 Å². The molecule has 1 atom stereocenters. The molecule has 1 aromatic rings. The van der Waals surface area contributed by atoms with E-state index < -0.39 is 0 Å². The molecule has 0 heterocycles. The first-order chi connectivity index (χ1) is 9.69. The fraction of sp³-hybridized carbons (Fsp3) is 0.579. The van der Waals surface area contributed by atoms with E-state index in [4.69, 9.17) is 0 Å². The summed E-state index contributed by atoms with van der Waals surface area (Å²) >= 11 is 0. The van der Waals surface area contributed by atoms with Gasteiger partial charge in [0.1, 0.15) is 0 Å². The Kier molecular flexibility index (Phi) is 8.29. The Morgan fingerprint density at radius 2 is 1.70 bits per heavy atom. The van der Waals surface area contributed by atoms with Crippen molar-refractivity contribution in [3.63, 3.8) is 0 Å². The predicted molar refractivity (Wildman–Crippen MR) is 90.2 cm³/mol. The van der Waals surface area contributed by atoms with Crippen LogP contribution in [0.4, 0.5) is 0 Å². The number of allylic oxidation sites excluding steroid dienone is 1. The lowest BCUT2D eigenvalue weighted by atomic mass is 9.96. The number of nitrogens with one attached hydrogen (secondary N) is 1. The molecular weight excluding hydrogens is 242 g/mol. The standard InChI is InChI=1S/C19H31N/c1-5-7-8-9-10-11-19(20-6-2)18-14-12-17(13-15-18)16(3)4/h5,12-16,19-20H,1,6-11H2,2-4H3. The van der Waals surface area contributed by atoms with E-state index in [2.05, 4.69) is 56.9 Å². The van der Waals surface area contributed by atoms with Crippen LogP contribution in [0, 0.1) is 0 Å². The summed E-state index contributed by atoms with van der Waals surface area (Å²) in [5.74, 6) is 0.612. The van der Waals surface area contributed by atoms with Crippen molar-refractivity contribution in [3.05, 3.63) is 48.0 Å². The topological polar surface area (TPSA) is 12.0 Å². The second-order valence-electron chi connectivity index (χ2n) is 5.86.